The van der Waals surface area contributed by atoms with E-state index in [9.17, 15) is 9.59 Å². The molecule has 0 aliphatic rings. The number of benzene rings is 2. The van der Waals surface area contributed by atoms with Crippen molar-refractivity contribution in [2.75, 3.05) is 10.6 Å². The lowest BCUT2D eigenvalue weighted by Crippen LogP contribution is -2.24. The zero-order valence-corrected chi connectivity index (χ0v) is 16.7. The fourth-order valence-corrected chi connectivity index (χ4v) is 3.32. The van der Waals surface area contributed by atoms with E-state index in [-0.39, 0.29) is 18.4 Å². The molecule has 2 aromatic heterocycles. The first-order valence-corrected chi connectivity index (χ1v) is 9.61. The maximum absolute atomic E-state index is 12.5. The van der Waals surface area contributed by atoms with Gasteiger partial charge < -0.3 is 15.2 Å². The summed E-state index contributed by atoms with van der Waals surface area (Å²) in [4.78, 5) is 28.7. The van der Waals surface area contributed by atoms with Crippen molar-refractivity contribution in [3.63, 3.8) is 0 Å². The number of hydrogen-bond donors (Lipinski definition) is 2. The van der Waals surface area contributed by atoms with Crippen molar-refractivity contribution in [1.82, 2.24) is 19.3 Å². The van der Waals surface area contributed by atoms with Crippen LogP contribution in [-0.4, -0.2) is 31.1 Å². The van der Waals surface area contributed by atoms with E-state index in [1.54, 1.807) is 31.2 Å². The zero-order chi connectivity index (χ0) is 21.1. The van der Waals surface area contributed by atoms with Gasteiger partial charge in [-0.15, -0.1) is 0 Å². The number of carbonyl (C=O) groups excluding carboxylic acids is 2. The summed E-state index contributed by atoms with van der Waals surface area (Å²) >= 11 is 0. The fraction of sp³-hybridized carbons (Fsp3) is 0.182. The van der Waals surface area contributed by atoms with Crippen LogP contribution in [-0.2, 0) is 16.1 Å². The summed E-state index contributed by atoms with van der Waals surface area (Å²) in [6.07, 6.45) is 2.89. The minimum absolute atomic E-state index is 0.115. The number of amides is 2. The van der Waals surface area contributed by atoms with E-state index < -0.39 is 6.04 Å². The zero-order valence-electron chi connectivity index (χ0n) is 16.7. The second-order valence-corrected chi connectivity index (χ2v) is 7.10. The maximum atomic E-state index is 12.5. The number of rotatable bonds is 6. The van der Waals surface area contributed by atoms with Crippen LogP contribution in [0.2, 0.25) is 0 Å². The predicted octanol–water partition coefficient (Wildman–Crippen LogP) is 3.38. The van der Waals surface area contributed by atoms with Gasteiger partial charge in [0.05, 0.1) is 0 Å². The van der Waals surface area contributed by atoms with Gasteiger partial charge in [0.25, 0.3) is 0 Å². The molecule has 0 radical (unpaired) electrons. The molecule has 30 heavy (non-hydrogen) atoms. The Hall–Kier alpha value is -3.94. The van der Waals surface area contributed by atoms with Crippen molar-refractivity contribution in [2.45, 2.75) is 26.4 Å². The lowest BCUT2D eigenvalue weighted by molar-refractivity contribution is -0.119. The first-order valence-electron chi connectivity index (χ1n) is 9.61. The molecule has 1 atom stereocenters. The lowest BCUT2D eigenvalue weighted by atomic mass is 10.2. The fourth-order valence-electron chi connectivity index (χ4n) is 3.32. The summed E-state index contributed by atoms with van der Waals surface area (Å²) < 4.78 is 3.47. The molecule has 152 valence electrons. The van der Waals surface area contributed by atoms with Crippen LogP contribution in [0.15, 0.2) is 67.3 Å². The highest BCUT2D eigenvalue weighted by atomic mass is 16.2. The highest BCUT2D eigenvalue weighted by Gasteiger charge is 2.15. The normalized spacial score (nSPS) is 11.9. The summed E-state index contributed by atoms with van der Waals surface area (Å²) in [5.41, 5.74) is 3.37. The van der Waals surface area contributed by atoms with E-state index in [1.807, 2.05) is 35.8 Å². The van der Waals surface area contributed by atoms with E-state index in [1.165, 1.54) is 17.3 Å². The second kappa shape index (κ2) is 8.20. The molecule has 8 heteroatoms. The third-order valence-corrected chi connectivity index (χ3v) is 4.97. The summed E-state index contributed by atoms with van der Waals surface area (Å²) in [6.45, 7) is 3.96. The van der Waals surface area contributed by atoms with Crippen molar-refractivity contribution in [2.24, 2.45) is 0 Å². The molecule has 0 saturated carbocycles. The molecule has 4 rings (SSSR count). The molecule has 2 heterocycles. The Kier molecular flexibility index (Phi) is 5.30. The van der Waals surface area contributed by atoms with Crippen LogP contribution in [0.1, 0.15) is 18.7 Å². The van der Waals surface area contributed by atoms with Gasteiger partial charge in [0.2, 0.25) is 11.8 Å². The molecule has 2 aromatic carbocycles. The Morgan fingerprint density at radius 2 is 1.73 bits per heavy atom. The van der Waals surface area contributed by atoms with Crippen molar-refractivity contribution in [1.29, 1.82) is 0 Å². The molecular weight excluding hydrogens is 380 g/mol. The van der Waals surface area contributed by atoms with Gasteiger partial charge in [-0.2, -0.15) is 5.10 Å². The smallest absolute Gasteiger partial charge is 0.249 e. The molecule has 0 bridgehead atoms. The molecule has 0 aliphatic carbocycles. The molecule has 0 aliphatic heterocycles. The Morgan fingerprint density at radius 3 is 2.43 bits per heavy atom. The molecule has 8 nitrogen and oxygen atoms in total. The SMILES string of the molecule is Cc1cc2ccccc2n1CC(=O)Nc1ccc(NC(=O)C(C)n2cncn2)cc1. The van der Waals surface area contributed by atoms with Crippen molar-refractivity contribution >= 4 is 34.1 Å². The monoisotopic (exact) mass is 402 g/mol. The molecule has 0 spiro atoms. The number of carbonyl (C=O) groups is 2. The number of para-hydroxylation sites is 1. The standard InChI is InChI=1S/C22H22N6O2/c1-15-11-17-5-3-4-6-20(17)27(15)12-21(29)25-18-7-9-19(10-8-18)26-22(30)16(2)28-14-23-13-24-28/h3-11,13-14,16H,12H2,1-2H3,(H,25,29)(H,26,30). The van der Waals surface area contributed by atoms with Gasteiger partial charge in [0, 0.05) is 22.6 Å². The van der Waals surface area contributed by atoms with Gasteiger partial charge in [-0.25, -0.2) is 9.67 Å². The van der Waals surface area contributed by atoms with E-state index in [0.29, 0.717) is 11.4 Å². The molecule has 0 saturated heterocycles. The highest BCUT2D eigenvalue weighted by molar-refractivity contribution is 5.95. The lowest BCUT2D eigenvalue weighted by Gasteiger charge is -2.13. The summed E-state index contributed by atoms with van der Waals surface area (Å²) in [6, 6.07) is 16.6. The van der Waals surface area contributed by atoms with E-state index >= 15 is 0 Å². The van der Waals surface area contributed by atoms with Crippen LogP contribution in [0.3, 0.4) is 0 Å². The number of anilines is 2. The number of fused-ring (bicyclic) bond motifs is 1. The largest absolute Gasteiger partial charge is 0.335 e. The third kappa shape index (κ3) is 4.07. The van der Waals surface area contributed by atoms with Crippen LogP contribution in [0.25, 0.3) is 10.9 Å². The minimum atomic E-state index is -0.480. The number of aryl methyl sites for hydroxylation is 1. The van der Waals surface area contributed by atoms with Crippen LogP contribution in [0.5, 0.6) is 0 Å². The van der Waals surface area contributed by atoms with E-state index in [2.05, 4.69) is 26.8 Å². The topological polar surface area (TPSA) is 93.8 Å². The first-order chi connectivity index (χ1) is 14.5. The number of hydrogen-bond acceptors (Lipinski definition) is 4. The Labute approximate surface area is 173 Å². The molecular formula is C22H22N6O2. The van der Waals surface area contributed by atoms with E-state index in [4.69, 9.17) is 0 Å². The molecule has 0 fully saturated rings. The van der Waals surface area contributed by atoms with Crippen LogP contribution >= 0.6 is 0 Å². The van der Waals surface area contributed by atoms with Gasteiger partial charge >= 0.3 is 0 Å². The van der Waals surface area contributed by atoms with Crippen LogP contribution in [0, 0.1) is 6.92 Å². The van der Waals surface area contributed by atoms with Crippen LogP contribution in [0.4, 0.5) is 11.4 Å². The van der Waals surface area contributed by atoms with Crippen molar-refractivity contribution < 1.29 is 9.59 Å². The number of nitrogens with zero attached hydrogens (tertiary/aromatic N) is 4. The van der Waals surface area contributed by atoms with Gasteiger partial charge in [-0.05, 0) is 55.6 Å². The summed E-state index contributed by atoms with van der Waals surface area (Å²) in [5, 5.41) is 10.8. The highest BCUT2D eigenvalue weighted by Crippen LogP contribution is 2.20. The van der Waals surface area contributed by atoms with Gasteiger partial charge in [0.15, 0.2) is 0 Å². The number of aromatic nitrogens is 4. The van der Waals surface area contributed by atoms with Gasteiger partial charge in [0.1, 0.15) is 25.2 Å². The number of nitrogens with one attached hydrogen (secondary N) is 2. The predicted molar refractivity (Wildman–Crippen MR) is 115 cm³/mol. The average Bonchev–Trinajstić information content (AvgIpc) is 3.38. The van der Waals surface area contributed by atoms with Crippen molar-refractivity contribution in [3.8, 4) is 0 Å². The molecule has 2 amide bonds. The first kappa shape index (κ1) is 19.4. The molecule has 4 aromatic rings. The third-order valence-electron chi connectivity index (χ3n) is 4.97. The summed E-state index contributed by atoms with van der Waals surface area (Å²) in [5.74, 6) is -0.316. The van der Waals surface area contributed by atoms with Crippen molar-refractivity contribution in [3.05, 3.63) is 72.9 Å². The quantitative estimate of drug-likeness (QED) is 0.517. The van der Waals surface area contributed by atoms with Gasteiger partial charge in [-0.3, -0.25) is 9.59 Å². The second-order valence-electron chi connectivity index (χ2n) is 7.10. The van der Waals surface area contributed by atoms with Crippen LogP contribution < -0.4 is 10.6 Å². The minimum Gasteiger partial charge on any atom is -0.335 e. The Balaban J connectivity index is 1.38. The maximum Gasteiger partial charge on any atom is 0.249 e. The van der Waals surface area contributed by atoms with E-state index in [0.717, 1.165) is 16.6 Å². The Morgan fingerprint density at radius 1 is 1.03 bits per heavy atom. The molecule has 1 unspecified atom stereocenters. The van der Waals surface area contributed by atoms with Gasteiger partial charge in [-0.1, -0.05) is 18.2 Å². The Bertz CT molecular complexity index is 1180. The summed E-state index contributed by atoms with van der Waals surface area (Å²) in [7, 11) is 0. The average molecular weight is 402 g/mol. The molecule has 2 N–H and O–H groups in total.